The Kier molecular flexibility index (Phi) is 7.97. The van der Waals surface area contributed by atoms with Crippen LogP contribution in [0.15, 0.2) is 24.3 Å². The van der Waals surface area contributed by atoms with Crippen LogP contribution in [0.3, 0.4) is 0 Å². The lowest BCUT2D eigenvalue weighted by atomic mass is 9.99. The first-order chi connectivity index (χ1) is 10.4. The number of nitrogens with one attached hydrogen (secondary N) is 1. The highest BCUT2D eigenvalue weighted by molar-refractivity contribution is 7.87. The van der Waals surface area contributed by atoms with Crippen molar-refractivity contribution in [3.63, 3.8) is 0 Å². The molecule has 7 heteroatoms. The minimum atomic E-state index is -3.40. The molecule has 0 aliphatic carbocycles. The minimum absolute atomic E-state index is 0. The topological polar surface area (TPSA) is 75.4 Å². The lowest BCUT2D eigenvalue weighted by molar-refractivity contribution is 0.341. The zero-order chi connectivity index (χ0) is 16.2. The molecule has 1 aliphatic heterocycles. The van der Waals surface area contributed by atoms with E-state index in [4.69, 9.17) is 5.73 Å². The fourth-order valence-corrected chi connectivity index (χ4v) is 3.95. The summed E-state index contributed by atoms with van der Waals surface area (Å²) < 4.78 is 28.6. The SMILES string of the molecule is CC(C)c1ccc(C(N)CNS(=O)(=O)N2CCCCC2)cc1.Cl. The van der Waals surface area contributed by atoms with E-state index < -0.39 is 10.2 Å². The summed E-state index contributed by atoms with van der Waals surface area (Å²) in [6, 6.07) is 7.74. The van der Waals surface area contributed by atoms with Crippen LogP contribution in [0.2, 0.25) is 0 Å². The molecule has 23 heavy (non-hydrogen) atoms. The van der Waals surface area contributed by atoms with Gasteiger partial charge in [-0.05, 0) is 29.9 Å². The van der Waals surface area contributed by atoms with E-state index in [-0.39, 0.29) is 25.0 Å². The third kappa shape index (κ3) is 5.72. The van der Waals surface area contributed by atoms with Crippen LogP contribution in [0.4, 0.5) is 0 Å². The summed E-state index contributed by atoms with van der Waals surface area (Å²) in [5.74, 6) is 0.475. The van der Waals surface area contributed by atoms with Crippen molar-refractivity contribution in [2.45, 2.75) is 45.1 Å². The van der Waals surface area contributed by atoms with E-state index in [1.54, 1.807) is 0 Å². The van der Waals surface area contributed by atoms with Gasteiger partial charge in [0.2, 0.25) is 0 Å². The molecule has 1 fully saturated rings. The van der Waals surface area contributed by atoms with Crippen molar-refractivity contribution in [1.29, 1.82) is 0 Å². The number of nitrogens with two attached hydrogens (primary N) is 1. The number of benzene rings is 1. The average molecular weight is 362 g/mol. The zero-order valence-electron chi connectivity index (χ0n) is 13.9. The van der Waals surface area contributed by atoms with Gasteiger partial charge in [-0.15, -0.1) is 12.4 Å². The molecule has 1 aromatic carbocycles. The van der Waals surface area contributed by atoms with E-state index in [9.17, 15) is 8.42 Å². The standard InChI is InChI=1S/C16H27N3O2S.ClH/c1-13(2)14-6-8-15(9-7-14)16(17)12-18-22(20,21)19-10-4-3-5-11-19;/h6-9,13,16,18H,3-5,10-12,17H2,1-2H3;1H. The number of piperidine rings is 1. The van der Waals surface area contributed by atoms with Crippen LogP contribution >= 0.6 is 12.4 Å². The van der Waals surface area contributed by atoms with Gasteiger partial charge in [0.25, 0.3) is 10.2 Å². The predicted octanol–water partition coefficient (Wildman–Crippen LogP) is 2.55. The van der Waals surface area contributed by atoms with Crippen molar-refractivity contribution in [3.05, 3.63) is 35.4 Å². The summed E-state index contributed by atoms with van der Waals surface area (Å²) in [5, 5.41) is 0. The van der Waals surface area contributed by atoms with Crippen molar-refractivity contribution in [1.82, 2.24) is 9.03 Å². The summed E-state index contributed by atoms with van der Waals surface area (Å²) in [4.78, 5) is 0. The fraction of sp³-hybridized carbons (Fsp3) is 0.625. The number of hydrogen-bond donors (Lipinski definition) is 2. The summed E-state index contributed by atoms with van der Waals surface area (Å²) >= 11 is 0. The van der Waals surface area contributed by atoms with Crippen molar-refractivity contribution < 1.29 is 8.42 Å². The van der Waals surface area contributed by atoms with Gasteiger partial charge < -0.3 is 5.73 Å². The lowest BCUT2D eigenvalue weighted by Crippen LogP contribution is -2.45. The second-order valence-electron chi connectivity index (χ2n) is 6.24. The Morgan fingerprint density at radius 1 is 1.09 bits per heavy atom. The monoisotopic (exact) mass is 361 g/mol. The molecule has 1 unspecified atom stereocenters. The maximum absolute atomic E-state index is 12.2. The smallest absolute Gasteiger partial charge is 0.279 e. The van der Waals surface area contributed by atoms with Gasteiger partial charge in [0, 0.05) is 25.7 Å². The van der Waals surface area contributed by atoms with Crippen molar-refractivity contribution in [3.8, 4) is 0 Å². The summed E-state index contributed by atoms with van der Waals surface area (Å²) in [6.45, 7) is 5.71. The molecule has 0 saturated carbocycles. The van der Waals surface area contributed by atoms with Crippen LogP contribution in [0, 0.1) is 0 Å². The fourth-order valence-electron chi connectivity index (χ4n) is 2.64. The van der Waals surface area contributed by atoms with Gasteiger partial charge in [0.05, 0.1) is 0 Å². The molecule has 0 radical (unpaired) electrons. The maximum Gasteiger partial charge on any atom is 0.279 e. The van der Waals surface area contributed by atoms with Gasteiger partial charge >= 0.3 is 0 Å². The first kappa shape index (κ1) is 20.4. The Bertz CT molecular complexity index is 569. The Morgan fingerprint density at radius 3 is 2.13 bits per heavy atom. The first-order valence-electron chi connectivity index (χ1n) is 8.00. The third-order valence-electron chi connectivity index (χ3n) is 4.17. The van der Waals surface area contributed by atoms with Crippen molar-refractivity contribution in [2.75, 3.05) is 19.6 Å². The quantitative estimate of drug-likeness (QED) is 0.817. The normalized spacial score (nSPS) is 17.7. The van der Waals surface area contributed by atoms with E-state index in [2.05, 4.69) is 30.7 Å². The molecule has 2 rings (SSSR count). The van der Waals surface area contributed by atoms with Gasteiger partial charge in [-0.25, -0.2) is 4.72 Å². The molecule has 5 nitrogen and oxygen atoms in total. The Hall–Kier alpha value is -0.660. The van der Waals surface area contributed by atoms with Crippen LogP contribution < -0.4 is 10.5 Å². The Morgan fingerprint density at radius 2 is 1.61 bits per heavy atom. The highest BCUT2D eigenvalue weighted by Gasteiger charge is 2.24. The molecule has 0 spiro atoms. The lowest BCUT2D eigenvalue weighted by Gasteiger charge is -2.26. The van der Waals surface area contributed by atoms with E-state index in [1.165, 1.54) is 9.87 Å². The van der Waals surface area contributed by atoms with Crippen LogP contribution in [0.1, 0.15) is 56.2 Å². The molecule has 3 N–H and O–H groups in total. The molecule has 1 atom stereocenters. The van der Waals surface area contributed by atoms with Gasteiger partial charge in [0.15, 0.2) is 0 Å². The largest absolute Gasteiger partial charge is 0.323 e. The maximum atomic E-state index is 12.2. The summed E-state index contributed by atoms with van der Waals surface area (Å²) in [6.07, 6.45) is 2.97. The molecule has 0 amide bonds. The molecule has 0 aromatic heterocycles. The molecule has 1 aliphatic rings. The molecule has 1 saturated heterocycles. The number of nitrogens with zero attached hydrogens (tertiary/aromatic N) is 1. The van der Waals surface area contributed by atoms with E-state index in [0.29, 0.717) is 19.0 Å². The molecule has 0 bridgehead atoms. The van der Waals surface area contributed by atoms with Crippen molar-refractivity contribution >= 4 is 22.6 Å². The molecule has 132 valence electrons. The van der Waals surface area contributed by atoms with Crippen LogP contribution in [0.5, 0.6) is 0 Å². The molecular formula is C16H28ClN3O2S. The minimum Gasteiger partial charge on any atom is -0.323 e. The van der Waals surface area contributed by atoms with Gasteiger partial charge in [-0.2, -0.15) is 12.7 Å². The summed E-state index contributed by atoms with van der Waals surface area (Å²) in [7, 11) is -3.40. The second kappa shape index (κ2) is 8.99. The van der Waals surface area contributed by atoms with Crippen molar-refractivity contribution in [2.24, 2.45) is 5.73 Å². The predicted molar refractivity (Wildman–Crippen MR) is 97.1 cm³/mol. The van der Waals surface area contributed by atoms with Crippen LogP contribution in [-0.4, -0.2) is 32.4 Å². The van der Waals surface area contributed by atoms with Crippen LogP contribution in [0.25, 0.3) is 0 Å². The van der Waals surface area contributed by atoms with Gasteiger partial charge in [-0.1, -0.05) is 44.5 Å². The van der Waals surface area contributed by atoms with Gasteiger partial charge in [0.1, 0.15) is 0 Å². The Labute approximate surface area is 146 Å². The summed E-state index contributed by atoms with van der Waals surface area (Å²) in [5.41, 5.74) is 8.32. The highest BCUT2D eigenvalue weighted by Crippen LogP contribution is 2.18. The average Bonchev–Trinajstić information content (AvgIpc) is 2.53. The molecule has 1 heterocycles. The van der Waals surface area contributed by atoms with E-state index in [1.807, 2.05) is 12.1 Å². The number of rotatable bonds is 6. The van der Waals surface area contributed by atoms with E-state index in [0.717, 1.165) is 24.8 Å². The van der Waals surface area contributed by atoms with Gasteiger partial charge in [-0.3, -0.25) is 0 Å². The molecular weight excluding hydrogens is 334 g/mol. The number of hydrogen-bond acceptors (Lipinski definition) is 3. The van der Waals surface area contributed by atoms with E-state index >= 15 is 0 Å². The highest BCUT2D eigenvalue weighted by atomic mass is 35.5. The second-order valence-corrected chi connectivity index (χ2v) is 8.00. The number of halogens is 1. The zero-order valence-corrected chi connectivity index (χ0v) is 15.5. The Balaban J connectivity index is 0.00000264. The third-order valence-corrected chi connectivity index (χ3v) is 5.75. The van der Waals surface area contributed by atoms with Crippen LogP contribution in [-0.2, 0) is 10.2 Å². The first-order valence-corrected chi connectivity index (χ1v) is 9.44. The molecule has 1 aromatic rings.